The summed E-state index contributed by atoms with van der Waals surface area (Å²) in [6.45, 7) is 6.19. The molecule has 15 heavy (non-hydrogen) atoms. The molecule has 0 saturated heterocycles. The first-order chi connectivity index (χ1) is 7.22. The Balaban J connectivity index is 1.90. The number of benzene rings is 1. The molecule has 1 aliphatic rings. The minimum absolute atomic E-state index is 0.650. The van der Waals surface area contributed by atoms with Gasteiger partial charge in [-0.05, 0) is 42.2 Å². The minimum Gasteiger partial charge on any atom is -0.0985 e. The smallest absolute Gasteiger partial charge is 0.0262 e. The van der Waals surface area contributed by atoms with Crippen LogP contribution in [0.5, 0.6) is 0 Å². The Hall–Kier alpha value is -1.04. The van der Waals surface area contributed by atoms with Gasteiger partial charge in [0, 0.05) is 0 Å². The molecular formula is C15H20. The minimum atomic E-state index is 0.650. The molecule has 0 amide bonds. The molecule has 1 aliphatic carbocycles. The highest BCUT2D eigenvalue weighted by Crippen LogP contribution is 2.43. The molecule has 0 atom stereocenters. The molecule has 1 saturated carbocycles. The summed E-state index contributed by atoms with van der Waals surface area (Å²) in [5.41, 5.74) is 3.33. The predicted molar refractivity (Wildman–Crippen MR) is 66.8 cm³/mol. The van der Waals surface area contributed by atoms with E-state index in [9.17, 15) is 0 Å². The van der Waals surface area contributed by atoms with Crippen molar-refractivity contribution in [2.24, 2.45) is 5.41 Å². The van der Waals surface area contributed by atoms with Crippen molar-refractivity contribution in [3.63, 3.8) is 0 Å². The van der Waals surface area contributed by atoms with Gasteiger partial charge in [0.1, 0.15) is 0 Å². The van der Waals surface area contributed by atoms with Crippen molar-refractivity contribution < 1.29 is 0 Å². The molecule has 0 unspecified atom stereocenters. The molecule has 0 aliphatic heterocycles. The van der Waals surface area contributed by atoms with Gasteiger partial charge in [0.15, 0.2) is 0 Å². The quantitative estimate of drug-likeness (QED) is 0.673. The average molecular weight is 200 g/mol. The zero-order chi connectivity index (χ0) is 10.7. The number of aryl methyl sites for hydroxylation is 1. The molecule has 0 heteroatoms. The highest BCUT2D eigenvalue weighted by molar-refractivity contribution is 5.47. The summed E-state index contributed by atoms with van der Waals surface area (Å²) in [7, 11) is 0. The first-order valence-electron chi connectivity index (χ1n) is 5.93. The Morgan fingerprint density at radius 2 is 1.93 bits per heavy atom. The monoisotopic (exact) mass is 200 g/mol. The molecule has 0 bridgehead atoms. The highest BCUT2D eigenvalue weighted by atomic mass is 14.4. The van der Waals surface area contributed by atoms with Gasteiger partial charge in [-0.15, -0.1) is 0 Å². The topological polar surface area (TPSA) is 0 Å². The lowest BCUT2D eigenvalue weighted by atomic mass is 9.67. The van der Waals surface area contributed by atoms with E-state index in [1.807, 2.05) is 6.08 Å². The average Bonchev–Trinajstić information content (AvgIpc) is 2.24. The van der Waals surface area contributed by atoms with Crippen LogP contribution in [0.3, 0.4) is 0 Å². The van der Waals surface area contributed by atoms with E-state index in [0.29, 0.717) is 5.41 Å². The molecule has 0 aromatic heterocycles. The molecule has 2 rings (SSSR count). The lowest BCUT2D eigenvalue weighted by molar-refractivity contribution is 0.147. The Bertz CT molecular complexity index is 328. The SMILES string of the molecule is C=Cc1ccc(CCC2(C)CCC2)cc1. The molecule has 0 heterocycles. The number of hydrogen-bond donors (Lipinski definition) is 0. The lowest BCUT2D eigenvalue weighted by Gasteiger charge is -2.38. The predicted octanol–water partition coefficient (Wildman–Crippen LogP) is 4.45. The van der Waals surface area contributed by atoms with Crippen LogP contribution in [0.15, 0.2) is 30.8 Å². The number of hydrogen-bond acceptors (Lipinski definition) is 0. The van der Waals surface area contributed by atoms with Crippen molar-refractivity contribution in [3.05, 3.63) is 42.0 Å². The van der Waals surface area contributed by atoms with E-state index in [1.54, 1.807) is 0 Å². The molecule has 0 nitrogen and oxygen atoms in total. The van der Waals surface area contributed by atoms with E-state index < -0.39 is 0 Å². The van der Waals surface area contributed by atoms with E-state index in [2.05, 4.69) is 37.8 Å². The van der Waals surface area contributed by atoms with Crippen molar-refractivity contribution >= 4 is 6.08 Å². The van der Waals surface area contributed by atoms with E-state index >= 15 is 0 Å². The zero-order valence-corrected chi connectivity index (χ0v) is 9.63. The fourth-order valence-corrected chi connectivity index (χ4v) is 2.30. The molecule has 1 fully saturated rings. The van der Waals surface area contributed by atoms with Gasteiger partial charge >= 0.3 is 0 Å². The summed E-state index contributed by atoms with van der Waals surface area (Å²) in [6.07, 6.45) is 8.77. The first-order valence-corrected chi connectivity index (χ1v) is 5.93. The summed E-state index contributed by atoms with van der Waals surface area (Å²) < 4.78 is 0. The van der Waals surface area contributed by atoms with E-state index in [0.717, 1.165) is 0 Å². The van der Waals surface area contributed by atoms with Crippen molar-refractivity contribution in [2.45, 2.75) is 39.0 Å². The normalized spacial score (nSPS) is 18.2. The Labute approximate surface area is 93.0 Å². The third kappa shape index (κ3) is 2.50. The van der Waals surface area contributed by atoms with Gasteiger partial charge < -0.3 is 0 Å². The van der Waals surface area contributed by atoms with Gasteiger partial charge in [-0.25, -0.2) is 0 Å². The molecule has 0 spiro atoms. The van der Waals surface area contributed by atoms with Crippen molar-refractivity contribution in [3.8, 4) is 0 Å². The first kappa shape index (κ1) is 10.5. The third-order valence-electron chi connectivity index (χ3n) is 3.79. The van der Waals surface area contributed by atoms with Crippen molar-refractivity contribution in [1.82, 2.24) is 0 Å². The van der Waals surface area contributed by atoms with E-state index in [1.165, 1.54) is 43.2 Å². The van der Waals surface area contributed by atoms with Crippen molar-refractivity contribution in [1.29, 1.82) is 0 Å². The van der Waals surface area contributed by atoms with E-state index in [-0.39, 0.29) is 0 Å². The van der Waals surface area contributed by atoms with Gasteiger partial charge in [-0.1, -0.05) is 50.3 Å². The van der Waals surface area contributed by atoms with Crippen LogP contribution in [0.4, 0.5) is 0 Å². The maximum Gasteiger partial charge on any atom is -0.0262 e. The zero-order valence-electron chi connectivity index (χ0n) is 9.63. The van der Waals surface area contributed by atoms with Crippen LogP contribution < -0.4 is 0 Å². The van der Waals surface area contributed by atoms with Crippen LogP contribution in [0.1, 0.15) is 43.7 Å². The van der Waals surface area contributed by atoms with Crippen LogP contribution in [0.2, 0.25) is 0 Å². The van der Waals surface area contributed by atoms with Crippen molar-refractivity contribution in [2.75, 3.05) is 0 Å². The molecular weight excluding hydrogens is 180 g/mol. The second kappa shape index (κ2) is 4.22. The summed E-state index contributed by atoms with van der Waals surface area (Å²) in [4.78, 5) is 0. The molecule has 80 valence electrons. The Kier molecular flexibility index (Phi) is 2.95. The highest BCUT2D eigenvalue weighted by Gasteiger charge is 2.30. The van der Waals surface area contributed by atoms with Gasteiger partial charge in [0.05, 0.1) is 0 Å². The standard InChI is InChI=1S/C15H20/c1-3-13-5-7-14(8-6-13)9-12-15(2)10-4-11-15/h3,5-8H,1,4,9-12H2,2H3. The fraction of sp³-hybridized carbons (Fsp3) is 0.467. The summed E-state index contributed by atoms with van der Waals surface area (Å²) in [5, 5.41) is 0. The summed E-state index contributed by atoms with van der Waals surface area (Å²) >= 11 is 0. The molecule has 1 aromatic rings. The summed E-state index contributed by atoms with van der Waals surface area (Å²) in [5.74, 6) is 0. The summed E-state index contributed by atoms with van der Waals surface area (Å²) in [6, 6.07) is 8.79. The Morgan fingerprint density at radius 3 is 2.40 bits per heavy atom. The van der Waals surface area contributed by atoms with Crippen LogP contribution in [0, 0.1) is 5.41 Å². The molecule has 0 N–H and O–H groups in total. The van der Waals surface area contributed by atoms with E-state index in [4.69, 9.17) is 0 Å². The van der Waals surface area contributed by atoms with Gasteiger partial charge in [0.25, 0.3) is 0 Å². The molecule has 1 aromatic carbocycles. The molecule has 0 radical (unpaired) electrons. The second-order valence-corrected chi connectivity index (χ2v) is 5.11. The van der Waals surface area contributed by atoms with Gasteiger partial charge in [-0.3, -0.25) is 0 Å². The largest absolute Gasteiger partial charge is 0.0985 e. The third-order valence-corrected chi connectivity index (χ3v) is 3.79. The van der Waals surface area contributed by atoms with Crippen LogP contribution in [-0.4, -0.2) is 0 Å². The maximum atomic E-state index is 3.77. The van der Waals surface area contributed by atoms with Gasteiger partial charge in [-0.2, -0.15) is 0 Å². The number of rotatable bonds is 4. The van der Waals surface area contributed by atoms with Crippen LogP contribution in [-0.2, 0) is 6.42 Å². The fourth-order valence-electron chi connectivity index (χ4n) is 2.30. The second-order valence-electron chi connectivity index (χ2n) is 5.11. The maximum absolute atomic E-state index is 3.77. The van der Waals surface area contributed by atoms with Gasteiger partial charge in [0.2, 0.25) is 0 Å². The van der Waals surface area contributed by atoms with Crippen LogP contribution in [0.25, 0.3) is 6.08 Å². The Morgan fingerprint density at radius 1 is 1.27 bits per heavy atom. The van der Waals surface area contributed by atoms with Crippen LogP contribution >= 0.6 is 0 Å². The lowest BCUT2D eigenvalue weighted by Crippen LogP contribution is -2.25.